The second-order valence-corrected chi connectivity index (χ2v) is 4.30. The molecular formula is C14H18ClN3OS. The van der Waals surface area contributed by atoms with Gasteiger partial charge in [-0.05, 0) is 24.6 Å². The van der Waals surface area contributed by atoms with Gasteiger partial charge in [0.1, 0.15) is 5.69 Å². The van der Waals surface area contributed by atoms with E-state index < -0.39 is 5.91 Å². The minimum Gasteiger partial charge on any atom is -0.399 e. The van der Waals surface area contributed by atoms with Gasteiger partial charge < -0.3 is 11.5 Å². The topological polar surface area (TPSA) is 82.0 Å². The molecule has 6 heteroatoms. The van der Waals surface area contributed by atoms with E-state index >= 15 is 0 Å². The number of pyridine rings is 1. The van der Waals surface area contributed by atoms with Crippen molar-refractivity contribution in [1.82, 2.24) is 4.98 Å². The molecule has 2 aromatic rings. The number of anilines is 1. The average molecular weight is 312 g/mol. The highest BCUT2D eigenvalue weighted by Crippen LogP contribution is 2.05. The van der Waals surface area contributed by atoms with Gasteiger partial charge >= 0.3 is 0 Å². The summed E-state index contributed by atoms with van der Waals surface area (Å²) in [5, 5.41) is 0. The van der Waals surface area contributed by atoms with Gasteiger partial charge in [-0.3, -0.25) is 9.78 Å². The largest absolute Gasteiger partial charge is 0.399 e. The second-order valence-electron chi connectivity index (χ2n) is 3.99. The molecule has 0 unspecified atom stereocenters. The highest BCUT2D eigenvalue weighted by Gasteiger charge is 1.99. The zero-order valence-corrected chi connectivity index (χ0v) is 12.8. The lowest BCUT2D eigenvalue weighted by molar-refractivity contribution is 0.0995. The molecule has 1 amide bonds. The van der Waals surface area contributed by atoms with Crippen LogP contribution in [0, 0.1) is 6.92 Å². The Bertz CT molecular complexity index is 564. The number of rotatable bonds is 2. The quantitative estimate of drug-likeness (QED) is 0.746. The van der Waals surface area contributed by atoms with Gasteiger partial charge in [0.15, 0.2) is 0 Å². The summed E-state index contributed by atoms with van der Waals surface area (Å²) in [4.78, 5) is 14.1. The number of nitrogens with zero attached hydrogens (tertiary/aromatic N) is 1. The molecule has 108 valence electrons. The zero-order valence-electron chi connectivity index (χ0n) is 11.1. The molecule has 0 spiro atoms. The van der Waals surface area contributed by atoms with Gasteiger partial charge in [-0.15, -0.1) is 12.4 Å². The summed E-state index contributed by atoms with van der Waals surface area (Å²) in [6.45, 7) is 2.09. The van der Waals surface area contributed by atoms with E-state index in [1.165, 1.54) is 23.4 Å². The maximum Gasteiger partial charge on any atom is 0.267 e. The lowest BCUT2D eigenvalue weighted by Gasteiger charge is -1.94. The second kappa shape index (κ2) is 9.23. The highest BCUT2D eigenvalue weighted by molar-refractivity contribution is 7.79. The Morgan fingerprint density at radius 1 is 1.30 bits per heavy atom. The Labute approximate surface area is 130 Å². The fourth-order valence-electron chi connectivity index (χ4n) is 1.39. The molecule has 0 bridgehead atoms. The van der Waals surface area contributed by atoms with Crippen molar-refractivity contribution in [3.05, 3.63) is 59.4 Å². The average Bonchev–Trinajstić information content (AvgIpc) is 2.39. The molecule has 1 aromatic carbocycles. The van der Waals surface area contributed by atoms with Crippen LogP contribution in [0.2, 0.25) is 0 Å². The number of hydrogen-bond acceptors (Lipinski definition) is 4. The number of hydrogen-bond donors (Lipinski definition) is 3. The number of thiol groups is 1. The van der Waals surface area contributed by atoms with Crippen LogP contribution < -0.4 is 11.5 Å². The predicted molar refractivity (Wildman–Crippen MR) is 88.3 cm³/mol. The molecule has 0 aliphatic rings. The van der Waals surface area contributed by atoms with E-state index in [1.54, 1.807) is 6.07 Å². The Balaban J connectivity index is 0.000000345. The molecule has 0 saturated heterocycles. The Morgan fingerprint density at radius 3 is 2.40 bits per heavy atom. The SMILES string of the molecule is Cc1cccc(CS)c1.Cl.NC(=O)c1cc(N)ccn1. The lowest BCUT2D eigenvalue weighted by atomic mass is 10.2. The monoisotopic (exact) mass is 311 g/mol. The van der Waals surface area contributed by atoms with Crippen molar-refractivity contribution < 1.29 is 4.79 Å². The van der Waals surface area contributed by atoms with Gasteiger partial charge in [0, 0.05) is 17.6 Å². The molecule has 0 aliphatic heterocycles. The maximum absolute atomic E-state index is 10.5. The fourth-order valence-corrected chi connectivity index (χ4v) is 1.59. The first-order valence-electron chi connectivity index (χ1n) is 5.70. The van der Waals surface area contributed by atoms with Gasteiger partial charge in [-0.25, -0.2) is 0 Å². The summed E-state index contributed by atoms with van der Waals surface area (Å²) in [6.07, 6.45) is 1.44. The molecule has 0 saturated carbocycles. The Hall–Kier alpha value is -1.72. The van der Waals surface area contributed by atoms with Crippen LogP contribution in [0.5, 0.6) is 0 Å². The van der Waals surface area contributed by atoms with Crippen LogP contribution in [-0.2, 0) is 5.75 Å². The number of aromatic nitrogens is 1. The summed E-state index contributed by atoms with van der Waals surface area (Å²) in [6, 6.07) is 11.4. The van der Waals surface area contributed by atoms with E-state index in [2.05, 4.69) is 48.8 Å². The summed E-state index contributed by atoms with van der Waals surface area (Å²) in [7, 11) is 0. The van der Waals surface area contributed by atoms with Crippen molar-refractivity contribution in [2.45, 2.75) is 12.7 Å². The number of primary amides is 1. The highest BCUT2D eigenvalue weighted by atomic mass is 35.5. The number of nitrogen functional groups attached to an aromatic ring is 1. The van der Waals surface area contributed by atoms with Crippen molar-refractivity contribution in [3.63, 3.8) is 0 Å². The summed E-state index contributed by atoms with van der Waals surface area (Å²) >= 11 is 4.16. The number of aryl methyl sites for hydroxylation is 1. The first kappa shape index (κ1) is 18.3. The van der Waals surface area contributed by atoms with Gasteiger partial charge in [0.05, 0.1) is 0 Å². The summed E-state index contributed by atoms with van der Waals surface area (Å²) < 4.78 is 0. The number of nitrogens with two attached hydrogens (primary N) is 2. The third kappa shape index (κ3) is 6.45. The van der Waals surface area contributed by atoms with Crippen LogP contribution in [-0.4, -0.2) is 10.9 Å². The van der Waals surface area contributed by atoms with Gasteiger partial charge in [0.25, 0.3) is 5.91 Å². The minimum absolute atomic E-state index is 0. The van der Waals surface area contributed by atoms with E-state index in [1.807, 2.05) is 0 Å². The molecule has 1 heterocycles. The zero-order chi connectivity index (χ0) is 14.3. The molecule has 0 aliphatic carbocycles. The number of carbonyl (C=O) groups is 1. The van der Waals surface area contributed by atoms with Crippen molar-refractivity contribution in [1.29, 1.82) is 0 Å². The van der Waals surface area contributed by atoms with Gasteiger partial charge in [-0.1, -0.05) is 29.8 Å². The van der Waals surface area contributed by atoms with E-state index in [4.69, 9.17) is 11.5 Å². The van der Waals surface area contributed by atoms with Crippen LogP contribution in [0.3, 0.4) is 0 Å². The first-order chi connectivity index (χ1) is 9.02. The molecule has 0 radical (unpaired) electrons. The molecule has 0 fully saturated rings. The van der Waals surface area contributed by atoms with Crippen LogP contribution in [0.25, 0.3) is 0 Å². The molecule has 2 rings (SSSR count). The van der Waals surface area contributed by atoms with Crippen molar-refractivity contribution in [2.75, 3.05) is 5.73 Å². The number of halogens is 1. The van der Waals surface area contributed by atoms with Crippen molar-refractivity contribution in [3.8, 4) is 0 Å². The van der Waals surface area contributed by atoms with E-state index in [-0.39, 0.29) is 18.1 Å². The van der Waals surface area contributed by atoms with Crippen LogP contribution in [0.1, 0.15) is 21.6 Å². The Morgan fingerprint density at radius 2 is 2.00 bits per heavy atom. The minimum atomic E-state index is -0.563. The Kier molecular flexibility index (Phi) is 8.43. The normalized spacial score (nSPS) is 8.90. The molecule has 4 N–H and O–H groups in total. The van der Waals surface area contributed by atoms with E-state index in [0.717, 1.165) is 5.75 Å². The van der Waals surface area contributed by atoms with E-state index in [9.17, 15) is 4.79 Å². The number of benzene rings is 1. The maximum atomic E-state index is 10.5. The molecule has 20 heavy (non-hydrogen) atoms. The van der Waals surface area contributed by atoms with Crippen LogP contribution in [0.15, 0.2) is 42.6 Å². The van der Waals surface area contributed by atoms with Gasteiger partial charge in [0.2, 0.25) is 0 Å². The molecular weight excluding hydrogens is 294 g/mol. The third-order valence-corrected chi connectivity index (χ3v) is 2.67. The van der Waals surface area contributed by atoms with Crippen LogP contribution in [0.4, 0.5) is 5.69 Å². The molecule has 0 atom stereocenters. The smallest absolute Gasteiger partial charge is 0.267 e. The number of amides is 1. The molecule has 4 nitrogen and oxygen atoms in total. The van der Waals surface area contributed by atoms with Crippen molar-refractivity contribution in [2.24, 2.45) is 5.73 Å². The van der Waals surface area contributed by atoms with Gasteiger partial charge in [-0.2, -0.15) is 12.6 Å². The fraction of sp³-hybridized carbons (Fsp3) is 0.143. The predicted octanol–water partition coefficient (Wildman–Crippen LogP) is 2.61. The number of carbonyl (C=O) groups excluding carboxylic acids is 1. The van der Waals surface area contributed by atoms with Crippen LogP contribution >= 0.6 is 25.0 Å². The lowest BCUT2D eigenvalue weighted by Crippen LogP contribution is -2.12. The third-order valence-electron chi connectivity index (χ3n) is 2.30. The standard InChI is InChI=1S/C8H10S.C6H7N3O.ClH/c1-7-3-2-4-8(5-7)6-9;7-4-1-2-9-5(3-4)6(8)10;/h2-5,9H,6H2,1H3;1-3H,(H2,7,9)(H2,8,10);1H. The summed E-state index contributed by atoms with van der Waals surface area (Å²) in [5.74, 6) is 0.272. The van der Waals surface area contributed by atoms with E-state index in [0.29, 0.717) is 5.69 Å². The summed E-state index contributed by atoms with van der Waals surface area (Å²) in [5.41, 5.74) is 13.6. The first-order valence-corrected chi connectivity index (χ1v) is 6.34. The molecule has 1 aromatic heterocycles. The van der Waals surface area contributed by atoms with Crippen molar-refractivity contribution >= 4 is 36.6 Å².